The minimum atomic E-state index is -3.99. The average molecular weight is 725 g/mol. The maximum absolute atomic E-state index is 14.2. The van der Waals surface area contributed by atoms with Crippen molar-refractivity contribution >= 4 is 91.0 Å². The molecule has 0 N–H and O–H groups in total. The van der Waals surface area contributed by atoms with Crippen molar-refractivity contribution in [3.05, 3.63) is 128 Å². The van der Waals surface area contributed by atoms with Crippen molar-refractivity contribution in [3.8, 4) is 5.69 Å². The lowest BCUT2D eigenvalue weighted by Crippen LogP contribution is -2.27. The van der Waals surface area contributed by atoms with Gasteiger partial charge in [-0.1, -0.05) is 66.2 Å². The van der Waals surface area contributed by atoms with Gasteiger partial charge in [-0.15, -0.1) is 0 Å². The van der Waals surface area contributed by atoms with E-state index < -0.39 is 10.0 Å². The van der Waals surface area contributed by atoms with Gasteiger partial charge >= 0.3 is 0 Å². The van der Waals surface area contributed by atoms with Crippen molar-refractivity contribution in [2.24, 2.45) is 0 Å². The molecule has 4 nitrogen and oxygen atoms in total. The summed E-state index contributed by atoms with van der Waals surface area (Å²) in [5, 5.41) is 2.31. The van der Waals surface area contributed by atoms with Crippen LogP contribution in [0, 0.1) is 6.92 Å². The van der Waals surface area contributed by atoms with Crippen LogP contribution in [0.3, 0.4) is 0 Å². The maximum Gasteiger partial charge on any atom is 0.268 e. The molecule has 0 unspecified atom stereocenters. The smallest absolute Gasteiger partial charge is 0.268 e. The summed E-state index contributed by atoms with van der Waals surface area (Å²) < 4.78 is 33.9. The molecule has 39 heavy (non-hydrogen) atoms. The van der Waals surface area contributed by atoms with Crippen molar-refractivity contribution in [1.29, 1.82) is 0 Å². The molecule has 0 amide bonds. The zero-order chi connectivity index (χ0) is 27.3. The Morgan fingerprint density at radius 1 is 0.641 bits per heavy atom. The van der Waals surface area contributed by atoms with Crippen LogP contribution in [-0.4, -0.2) is 13.0 Å². The van der Waals surface area contributed by atoms with Gasteiger partial charge in [-0.3, -0.25) is 0 Å². The first-order valence-corrected chi connectivity index (χ1v) is 15.9. The lowest BCUT2D eigenvalue weighted by molar-refractivity contribution is 0.596. The molecule has 1 heterocycles. The normalized spacial score (nSPS) is 11.8. The van der Waals surface area contributed by atoms with Gasteiger partial charge < -0.3 is 4.57 Å². The summed E-state index contributed by atoms with van der Waals surface area (Å²) in [5.74, 6) is 0. The number of rotatable bonds is 5. The van der Waals surface area contributed by atoms with E-state index in [1.54, 1.807) is 30.3 Å². The molecule has 6 rings (SSSR count). The minimum absolute atomic E-state index is 0.203. The highest BCUT2D eigenvalue weighted by Crippen LogP contribution is 2.46. The van der Waals surface area contributed by atoms with Gasteiger partial charge in [0.05, 0.1) is 27.3 Å². The SMILES string of the molecule is Cc1ccc(S(=O)(=O)N(c2ccccc2Br)c2c(Br)cc(-n3c4ccccc4c4ccccc43)cc2Br)cc1. The predicted octanol–water partition coefficient (Wildman–Crippen LogP) is 9.91. The fraction of sp³-hybridized carbons (Fsp3) is 0.0323. The fourth-order valence-electron chi connectivity index (χ4n) is 4.88. The summed E-state index contributed by atoms with van der Waals surface area (Å²) >= 11 is 11.1. The molecule has 0 aliphatic rings. The zero-order valence-electron chi connectivity index (χ0n) is 20.6. The molecule has 0 spiro atoms. The summed E-state index contributed by atoms with van der Waals surface area (Å²) in [4.78, 5) is 0.203. The summed E-state index contributed by atoms with van der Waals surface area (Å²) in [6.45, 7) is 1.93. The van der Waals surface area contributed by atoms with E-state index in [0.29, 0.717) is 24.8 Å². The predicted molar refractivity (Wildman–Crippen MR) is 171 cm³/mol. The lowest BCUT2D eigenvalue weighted by atomic mass is 10.2. The summed E-state index contributed by atoms with van der Waals surface area (Å²) in [5.41, 5.74) is 5.01. The fourth-order valence-corrected chi connectivity index (χ4v) is 8.76. The Morgan fingerprint density at radius 2 is 1.15 bits per heavy atom. The van der Waals surface area contributed by atoms with Crippen LogP contribution in [0.1, 0.15) is 5.56 Å². The van der Waals surface area contributed by atoms with E-state index in [4.69, 9.17) is 0 Å². The first-order valence-electron chi connectivity index (χ1n) is 12.1. The standard InChI is InChI=1S/C31H21Br3N2O2S/c1-20-14-16-22(17-15-20)39(37,38)36(30-13-7-4-10-25(30)32)31-26(33)18-21(19-27(31)34)35-28-11-5-2-8-23(28)24-9-3-6-12-29(24)35/h2-19H,1H3. The number of aryl methyl sites for hydroxylation is 1. The maximum atomic E-state index is 14.2. The van der Waals surface area contributed by atoms with Crippen LogP contribution in [0.25, 0.3) is 27.5 Å². The quantitative estimate of drug-likeness (QED) is 0.178. The topological polar surface area (TPSA) is 42.3 Å². The summed E-state index contributed by atoms with van der Waals surface area (Å²) in [7, 11) is -3.99. The van der Waals surface area contributed by atoms with E-state index in [2.05, 4.69) is 76.6 Å². The van der Waals surface area contributed by atoms with Gasteiger partial charge in [0.1, 0.15) is 0 Å². The van der Waals surface area contributed by atoms with Crippen molar-refractivity contribution in [2.75, 3.05) is 4.31 Å². The number of para-hydroxylation sites is 3. The van der Waals surface area contributed by atoms with Gasteiger partial charge in [0.25, 0.3) is 10.0 Å². The van der Waals surface area contributed by atoms with E-state index in [9.17, 15) is 8.42 Å². The highest BCUT2D eigenvalue weighted by atomic mass is 79.9. The van der Waals surface area contributed by atoms with E-state index in [1.165, 1.54) is 4.31 Å². The lowest BCUT2D eigenvalue weighted by Gasteiger charge is -2.28. The second-order valence-corrected chi connectivity index (χ2v) is 13.5. The highest BCUT2D eigenvalue weighted by Gasteiger charge is 2.31. The van der Waals surface area contributed by atoms with Crippen molar-refractivity contribution in [3.63, 3.8) is 0 Å². The van der Waals surface area contributed by atoms with Crippen LogP contribution in [0.2, 0.25) is 0 Å². The van der Waals surface area contributed by atoms with E-state index in [1.807, 2.05) is 61.5 Å². The molecule has 0 aliphatic heterocycles. The Bertz CT molecular complexity index is 1910. The van der Waals surface area contributed by atoms with Gasteiger partial charge in [0, 0.05) is 29.9 Å². The highest BCUT2D eigenvalue weighted by molar-refractivity contribution is 9.11. The number of halogens is 3. The molecule has 0 bridgehead atoms. The van der Waals surface area contributed by atoms with Crippen molar-refractivity contribution < 1.29 is 8.42 Å². The third-order valence-corrected chi connectivity index (χ3v) is 10.3. The number of sulfonamides is 1. The number of nitrogens with zero attached hydrogens (tertiary/aromatic N) is 2. The molecule has 6 aromatic rings. The molecular weight excluding hydrogens is 704 g/mol. The summed E-state index contributed by atoms with van der Waals surface area (Å²) in [6, 6.07) is 34.7. The average Bonchev–Trinajstić information content (AvgIpc) is 3.26. The van der Waals surface area contributed by atoms with Gasteiger partial charge in [0.2, 0.25) is 0 Å². The van der Waals surface area contributed by atoms with Crippen LogP contribution >= 0.6 is 47.8 Å². The molecule has 0 aliphatic carbocycles. The molecule has 0 fully saturated rings. The Morgan fingerprint density at radius 3 is 1.72 bits per heavy atom. The first-order chi connectivity index (χ1) is 18.8. The van der Waals surface area contributed by atoms with Crippen molar-refractivity contribution in [2.45, 2.75) is 11.8 Å². The Balaban J connectivity index is 1.61. The van der Waals surface area contributed by atoms with Crippen LogP contribution in [0.5, 0.6) is 0 Å². The number of hydrogen-bond donors (Lipinski definition) is 0. The molecule has 0 radical (unpaired) electrons. The molecular formula is C31H21Br3N2O2S. The molecule has 5 aromatic carbocycles. The van der Waals surface area contributed by atoms with Crippen LogP contribution in [0.4, 0.5) is 11.4 Å². The Kier molecular flexibility index (Phi) is 6.91. The van der Waals surface area contributed by atoms with Crippen molar-refractivity contribution in [1.82, 2.24) is 4.57 Å². The second-order valence-electron chi connectivity index (χ2n) is 9.16. The van der Waals surface area contributed by atoms with E-state index in [-0.39, 0.29) is 4.90 Å². The molecule has 8 heteroatoms. The van der Waals surface area contributed by atoms with Gasteiger partial charge in [-0.25, -0.2) is 12.7 Å². The van der Waals surface area contributed by atoms with Crippen LogP contribution in [0.15, 0.2) is 128 Å². The minimum Gasteiger partial charge on any atom is -0.309 e. The number of benzene rings is 5. The zero-order valence-corrected chi connectivity index (χ0v) is 26.2. The number of hydrogen-bond acceptors (Lipinski definition) is 2. The molecule has 194 valence electrons. The number of aromatic nitrogens is 1. The third kappa shape index (κ3) is 4.53. The Hall–Kier alpha value is -2.91. The number of anilines is 2. The Labute approximate surface area is 252 Å². The third-order valence-electron chi connectivity index (χ3n) is 6.67. The molecule has 1 aromatic heterocycles. The van der Waals surface area contributed by atoms with Gasteiger partial charge in [-0.2, -0.15) is 0 Å². The van der Waals surface area contributed by atoms with Crippen LogP contribution < -0.4 is 4.31 Å². The van der Waals surface area contributed by atoms with E-state index in [0.717, 1.165) is 33.1 Å². The van der Waals surface area contributed by atoms with E-state index >= 15 is 0 Å². The summed E-state index contributed by atoms with van der Waals surface area (Å²) in [6.07, 6.45) is 0. The van der Waals surface area contributed by atoms with Gasteiger partial charge in [0.15, 0.2) is 0 Å². The molecule has 0 saturated heterocycles. The van der Waals surface area contributed by atoms with Crippen LogP contribution in [-0.2, 0) is 10.0 Å². The monoisotopic (exact) mass is 722 g/mol. The first kappa shape index (κ1) is 26.3. The molecule has 0 atom stereocenters. The second kappa shape index (κ2) is 10.2. The largest absolute Gasteiger partial charge is 0.309 e. The number of fused-ring (bicyclic) bond motifs is 3. The molecule has 0 saturated carbocycles. The van der Waals surface area contributed by atoms with Gasteiger partial charge in [-0.05, 0) is 103 Å².